The first-order valence-electron chi connectivity index (χ1n) is 10.3. The minimum absolute atomic E-state index is 0.0750. The van der Waals surface area contributed by atoms with Crippen molar-refractivity contribution in [2.24, 2.45) is 0 Å². The summed E-state index contributed by atoms with van der Waals surface area (Å²) in [6.45, 7) is 4.70. The Kier molecular flexibility index (Phi) is 4.09. The van der Waals surface area contributed by atoms with Crippen molar-refractivity contribution in [1.82, 2.24) is 0 Å². The molecule has 5 rings (SSSR count). The first-order valence-corrected chi connectivity index (χ1v) is 10.3. The molecule has 0 nitrogen and oxygen atoms in total. The molecule has 3 aromatic rings. The maximum absolute atomic E-state index is 2.43. The smallest absolute Gasteiger partial charge is 0.0158 e. The predicted molar refractivity (Wildman–Crippen MR) is 120 cm³/mol. The lowest BCUT2D eigenvalue weighted by molar-refractivity contribution is 0.659. The topological polar surface area (TPSA) is 0 Å². The van der Waals surface area contributed by atoms with E-state index in [1.807, 2.05) is 0 Å². The van der Waals surface area contributed by atoms with Gasteiger partial charge < -0.3 is 0 Å². The van der Waals surface area contributed by atoms with Crippen LogP contribution in [0.15, 0.2) is 85.0 Å². The van der Waals surface area contributed by atoms with Gasteiger partial charge in [-0.3, -0.25) is 0 Å². The van der Waals surface area contributed by atoms with Crippen LogP contribution in [-0.4, -0.2) is 0 Å². The van der Waals surface area contributed by atoms with Gasteiger partial charge >= 0.3 is 0 Å². The van der Waals surface area contributed by atoms with Crippen molar-refractivity contribution in [2.45, 2.75) is 38.5 Å². The summed E-state index contributed by atoms with van der Waals surface area (Å²) in [5, 5.41) is 0. The van der Waals surface area contributed by atoms with E-state index in [1.165, 1.54) is 50.9 Å². The van der Waals surface area contributed by atoms with E-state index in [9.17, 15) is 0 Å². The van der Waals surface area contributed by atoms with Crippen LogP contribution in [-0.2, 0) is 11.8 Å². The van der Waals surface area contributed by atoms with Crippen LogP contribution in [0, 0.1) is 0 Å². The molecule has 0 saturated carbocycles. The molecule has 2 aliphatic carbocycles. The molecule has 3 aromatic carbocycles. The number of rotatable bonds is 3. The van der Waals surface area contributed by atoms with Crippen LogP contribution < -0.4 is 0 Å². The van der Waals surface area contributed by atoms with E-state index in [-0.39, 0.29) is 5.41 Å². The number of hydrogen-bond acceptors (Lipinski definition) is 0. The zero-order valence-corrected chi connectivity index (χ0v) is 16.7. The van der Waals surface area contributed by atoms with E-state index >= 15 is 0 Å². The highest BCUT2D eigenvalue weighted by molar-refractivity contribution is 5.81. The fraction of sp³-hybridized carbons (Fsp3) is 0.214. The first kappa shape index (κ1) is 17.3. The van der Waals surface area contributed by atoms with Crippen LogP contribution in [0.2, 0.25) is 0 Å². The fourth-order valence-corrected chi connectivity index (χ4v) is 4.74. The minimum atomic E-state index is 0.0750. The molecule has 0 saturated heterocycles. The van der Waals surface area contributed by atoms with E-state index < -0.39 is 0 Å². The van der Waals surface area contributed by atoms with Crippen LogP contribution in [0.5, 0.6) is 0 Å². The van der Waals surface area contributed by atoms with Crippen LogP contribution >= 0.6 is 0 Å². The molecule has 0 amide bonds. The average molecular weight is 363 g/mol. The molecular weight excluding hydrogens is 336 g/mol. The number of allylic oxidation sites excluding steroid dienone is 4. The third-order valence-corrected chi connectivity index (χ3v) is 6.34. The summed E-state index contributed by atoms with van der Waals surface area (Å²) in [6, 6.07) is 25.0. The molecule has 0 heteroatoms. The second-order valence-corrected chi connectivity index (χ2v) is 8.56. The Morgan fingerprint density at radius 3 is 2.29 bits per heavy atom. The molecule has 0 N–H and O–H groups in total. The van der Waals surface area contributed by atoms with Gasteiger partial charge in [0.05, 0.1) is 0 Å². The van der Waals surface area contributed by atoms with Crippen molar-refractivity contribution in [3.05, 3.63) is 113 Å². The summed E-state index contributed by atoms with van der Waals surface area (Å²) in [5.41, 5.74) is 11.2. The molecule has 0 aromatic heterocycles. The Morgan fingerprint density at radius 1 is 0.750 bits per heavy atom. The van der Waals surface area contributed by atoms with Crippen LogP contribution in [0.3, 0.4) is 0 Å². The first-order chi connectivity index (χ1) is 13.6. The van der Waals surface area contributed by atoms with Gasteiger partial charge in [0.2, 0.25) is 0 Å². The molecular formula is C28H26. The summed E-state index contributed by atoms with van der Waals surface area (Å²) >= 11 is 0. The third kappa shape index (κ3) is 2.85. The van der Waals surface area contributed by atoms with Gasteiger partial charge in [0, 0.05) is 5.41 Å². The molecule has 28 heavy (non-hydrogen) atoms. The molecule has 0 atom stereocenters. The van der Waals surface area contributed by atoms with Crippen molar-refractivity contribution in [2.75, 3.05) is 0 Å². The summed E-state index contributed by atoms with van der Waals surface area (Å²) in [5.74, 6) is 0. The molecule has 2 aliphatic rings. The average Bonchev–Trinajstić information content (AvgIpc) is 2.97. The number of fused-ring (bicyclic) bond motifs is 3. The highest BCUT2D eigenvalue weighted by Gasteiger charge is 2.34. The Morgan fingerprint density at radius 2 is 1.50 bits per heavy atom. The number of hydrogen-bond donors (Lipinski definition) is 0. The normalized spacial score (nSPS) is 16.4. The second-order valence-electron chi connectivity index (χ2n) is 8.56. The Balaban J connectivity index is 1.43. The van der Waals surface area contributed by atoms with Gasteiger partial charge in [-0.25, -0.2) is 0 Å². The Bertz CT molecular complexity index is 1090. The maximum Gasteiger partial charge on any atom is 0.0158 e. The summed E-state index contributed by atoms with van der Waals surface area (Å²) in [4.78, 5) is 0. The van der Waals surface area contributed by atoms with Gasteiger partial charge in [-0.05, 0) is 63.8 Å². The van der Waals surface area contributed by atoms with Gasteiger partial charge in [0.1, 0.15) is 0 Å². The lowest BCUT2D eigenvalue weighted by Crippen LogP contribution is -2.15. The van der Waals surface area contributed by atoms with Gasteiger partial charge in [0.25, 0.3) is 0 Å². The SMILES string of the molecule is CC1(C)c2ccccc2-c2ccc(Cc3ccc(C4=CCCC=C4)cc3)cc21. The van der Waals surface area contributed by atoms with Gasteiger partial charge in [-0.15, -0.1) is 0 Å². The molecule has 0 spiro atoms. The second kappa shape index (κ2) is 6.63. The number of benzene rings is 3. The van der Waals surface area contributed by atoms with Gasteiger partial charge in [-0.2, -0.15) is 0 Å². The highest BCUT2D eigenvalue weighted by Crippen LogP contribution is 2.48. The third-order valence-electron chi connectivity index (χ3n) is 6.34. The molecule has 0 unspecified atom stereocenters. The predicted octanol–water partition coefficient (Wildman–Crippen LogP) is 7.32. The summed E-state index contributed by atoms with van der Waals surface area (Å²) in [6.07, 6.45) is 10.2. The van der Waals surface area contributed by atoms with E-state index in [2.05, 4.69) is 98.8 Å². The lowest BCUT2D eigenvalue weighted by Gasteiger charge is -2.22. The van der Waals surface area contributed by atoms with Crippen LogP contribution in [0.4, 0.5) is 0 Å². The molecule has 0 aliphatic heterocycles. The minimum Gasteiger partial charge on any atom is -0.0836 e. The monoisotopic (exact) mass is 362 g/mol. The van der Waals surface area contributed by atoms with E-state index in [4.69, 9.17) is 0 Å². The molecule has 0 radical (unpaired) electrons. The van der Waals surface area contributed by atoms with Crippen LogP contribution in [0.1, 0.15) is 54.5 Å². The van der Waals surface area contributed by atoms with Crippen molar-refractivity contribution < 1.29 is 0 Å². The zero-order chi connectivity index (χ0) is 19.1. The van der Waals surface area contributed by atoms with Crippen LogP contribution in [0.25, 0.3) is 16.7 Å². The quantitative estimate of drug-likeness (QED) is 0.458. The fourth-order valence-electron chi connectivity index (χ4n) is 4.74. The van der Waals surface area contributed by atoms with Crippen molar-refractivity contribution in [3.63, 3.8) is 0 Å². The summed E-state index contributed by atoms with van der Waals surface area (Å²) < 4.78 is 0. The molecule has 0 fully saturated rings. The van der Waals surface area contributed by atoms with Crippen molar-refractivity contribution in [1.29, 1.82) is 0 Å². The van der Waals surface area contributed by atoms with E-state index in [0.29, 0.717) is 0 Å². The standard InChI is InChI=1S/C28H26/c1-28(2)26-11-7-6-10-24(26)25-17-14-21(19-27(25)28)18-20-12-15-23(16-13-20)22-8-4-3-5-9-22/h4,6-17,19H,3,5,18H2,1-2H3. The Hall–Kier alpha value is -2.86. The van der Waals surface area contributed by atoms with Crippen molar-refractivity contribution >= 4 is 5.57 Å². The van der Waals surface area contributed by atoms with E-state index in [0.717, 1.165) is 12.8 Å². The van der Waals surface area contributed by atoms with E-state index in [1.54, 1.807) is 0 Å². The summed E-state index contributed by atoms with van der Waals surface area (Å²) in [7, 11) is 0. The van der Waals surface area contributed by atoms with Gasteiger partial charge in [-0.1, -0.05) is 98.8 Å². The van der Waals surface area contributed by atoms with Gasteiger partial charge in [0.15, 0.2) is 0 Å². The zero-order valence-electron chi connectivity index (χ0n) is 16.7. The van der Waals surface area contributed by atoms with Crippen molar-refractivity contribution in [3.8, 4) is 11.1 Å². The molecule has 138 valence electrons. The largest absolute Gasteiger partial charge is 0.0836 e. The molecule has 0 bridgehead atoms. The maximum atomic E-state index is 2.43. The molecule has 0 heterocycles. The Labute approximate surface area is 168 Å². The highest BCUT2D eigenvalue weighted by atomic mass is 14.4. The lowest BCUT2D eigenvalue weighted by atomic mass is 9.81.